The highest BCUT2D eigenvalue weighted by molar-refractivity contribution is 6.30. The molecule has 1 aromatic carbocycles. The number of amides is 1. The molecule has 0 spiro atoms. The van der Waals surface area contributed by atoms with Crippen LogP contribution in [0, 0.1) is 5.92 Å². The number of hydrogen-bond acceptors (Lipinski definition) is 1. The van der Waals surface area contributed by atoms with Crippen LogP contribution in [-0.4, -0.2) is 12.5 Å². The van der Waals surface area contributed by atoms with E-state index in [-0.39, 0.29) is 17.2 Å². The summed E-state index contributed by atoms with van der Waals surface area (Å²) in [7, 11) is 0. The largest absolute Gasteiger partial charge is 0.355 e. The first-order valence-electron chi connectivity index (χ1n) is 7.53. The molecule has 0 radical (unpaired) electrons. The molecule has 2 nitrogen and oxygen atoms in total. The van der Waals surface area contributed by atoms with E-state index in [9.17, 15) is 4.79 Å². The van der Waals surface area contributed by atoms with Crippen molar-refractivity contribution in [2.24, 2.45) is 5.92 Å². The molecule has 1 amide bonds. The van der Waals surface area contributed by atoms with Gasteiger partial charge in [-0.2, -0.15) is 0 Å². The van der Waals surface area contributed by atoms with E-state index < -0.39 is 0 Å². The number of carbonyl (C=O) groups is 1. The standard InChI is InChI=1S/C17H24ClNO/c1-17(2,14-9-6-10-15(18)11-14)12-19-16(20)13-7-4-3-5-8-13/h6,9-11,13H,3-5,7-8,12H2,1-2H3,(H,19,20). The van der Waals surface area contributed by atoms with E-state index in [1.807, 2.05) is 18.2 Å². The lowest BCUT2D eigenvalue weighted by atomic mass is 9.84. The van der Waals surface area contributed by atoms with Gasteiger partial charge in [0.25, 0.3) is 0 Å². The lowest BCUT2D eigenvalue weighted by Crippen LogP contribution is -2.40. The molecule has 20 heavy (non-hydrogen) atoms. The van der Waals surface area contributed by atoms with Crippen molar-refractivity contribution in [3.05, 3.63) is 34.9 Å². The van der Waals surface area contributed by atoms with Gasteiger partial charge in [-0.1, -0.05) is 56.8 Å². The summed E-state index contributed by atoms with van der Waals surface area (Å²) < 4.78 is 0. The highest BCUT2D eigenvalue weighted by Gasteiger charge is 2.25. The topological polar surface area (TPSA) is 29.1 Å². The van der Waals surface area contributed by atoms with Crippen LogP contribution in [0.4, 0.5) is 0 Å². The van der Waals surface area contributed by atoms with Crippen LogP contribution >= 0.6 is 11.6 Å². The van der Waals surface area contributed by atoms with Gasteiger partial charge in [0.05, 0.1) is 0 Å². The van der Waals surface area contributed by atoms with Crippen LogP contribution < -0.4 is 5.32 Å². The third kappa shape index (κ3) is 3.99. The molecule has 0 aromatic heterocycles. The van der Waals surface area contributed by atoms with E-state index in [1.165, 1.54) is 19.3 Å². The first kappa shape index (κ1) is 15.4. The monoisotopic (exact) mass is 293 g/mol. The molecule has 2 rings (SSSR count). The lowest BCUT2D eigenvalue weighted by molar-refractivity contribution is -0.126. The number of halogens is 1. The van der Waals surface area contributed by atoms with Crippen molar-refractivity contribution in [3.63, 3.8) is 0 Å². The van der Waals surface area contributed by atoms with Crippen LogP contribution in [-0.2, 0) is 10.2 Å². The van der Waals surface area contributed by atoms with E-state index in [4.69, 9.17) is 11.6 Å². The van der Waals surface area contributed by atoms with E-state index in [0.717, 1.165) is 23.4 Å². The number of rotatable bonds is 4. The summed E-state index contributed by atoms with van der Waals surface area (Å²) in [6.07, 6.45) is 5.75. The van der Waals surface area contributed by atoms with Crippen molar-refractivity contribution in [1.29, 1.82) is 0 Å². The maximum atomic E-state index is 12.2. The summed E-state index contributed by atoms with van der Waals surface area (Å²) in [4.78, 5) is 12.2. The van der Waals surface area contributed by atoms with Gasteiger partial charge >= 0.3 is 0 Å². The maximum absolute atomic E-state index is 12.2. The van der Waals surface area contributed by atoms with Crippen molar-refractivity contribution >= 4 is 17.5 Å². The Morgan fingerprint density at radius 2 is 2.00 bits per heavy atom. The minimum atomic E-state index is -0.102. The second-order valence-corrected chi connectivity index (χ2v) is 6.88. The van der Waals surface area contributed by atoms with E-state index >= 15 is 0 Å². The number of benzene rings is 1. The minimum Gasteiger partial charge on any atom is -0.355 e. The summed E-state index contributed by atoms with van der Waals surface area (Å²) in [6.45, 7) is 4.93. The average molecular weight is 294 g/mol. The van der Waals surface area contributed by atoms with E-state index in [0.29, 0.717) is 6.54 Å². The smallest absolute Gasteiger partial charge is 0.223 e. The third-order valence-electron chi connectivity index (χ3n) is 4.29. The molecule has 0 aliphatic heterocycles. The predicted molar refractivity (Wildman–Crippen MR) is 84.1 cm³/mol. The van der Waals surface area contributed by atoms with Gasteiger partial charge in [-0.25, -0.2) is 0 Å². The molecule has 3 heteroatoms. The van der Waals surface area contributed by atoms with E-state index in [2.05, 4.69) is 25.2 Å². The molecule has 0 bridgehead atoms. The Balaban J connectivity index is 1.93. The van der Waals surface area contributed by atoms with Crippen molar-refractivity contribution in [2.45, 2.75) is 51.4 Å². The second-order valence-electron chi connectivity index (χ2n) is 6.45. The molecule has 1 fully saturated rings. The van der Waals surface area contributed by atoms with Gasteiger partial charge < -0.3 is 5.32 Å². The Labute approximate surface area is 126 Å². The van der Waals surface area contributed by atoms with Gasteiger partial charge in [-0.05, 0) is 30.5 Å². The summed E-state index contributed by atoms with van der Waals surface area (Å²) in [5.74, 6) is 0.443. The summed E-state index contributed by atoms with van der Waals surface area (Å²) in [5, 5.41) is 3.87. The van der Waals surface area contributed by atoms with Crippen LogP contribution in [0.1, 0.15) is 51.5 Å². The third-order valence-corrected chi connectivity index (χ3v) is 4.52. The second kappa shape index (κ2) is 6.62. The van der Waals surface area contributed by atoms with Crippen molar-refractivity contribution < 1.29 is 4.79 Å². The van der Waals surface area contributed by atoms with Crippen LogP contribution in [0.25, 0.3) is 0 Å². The Kier molecular flexibility index (Phi) is 5.09. The van der Waals surface area contributed by atoms with Crippen LogP contribution in [0.2, 0.25) is 5.02 Å². The number of carbonyl (C=O) groups excluding carboxylic acids is 1. The van der Waals surface area contributed by atoms with Crippen LogP contribution in [0.5, 0.6) is 0 Å². The van der Waals surface area contributed by atoms with Gasteiger partial charge in [-0.3, -0.25) is 4.79 Å². The van der Waals surface area contributed by atoms with Gasteiger partial charge in [0, 0.05) is 22.9 Å². The summed E-state index contributed by atoms with van der Waals surface area (Å²) >= 11 is 6.05. The van der Waals surface area contributed by atoms with Gasteiger partial charge in [0.2, 0.25) is 5.91 Å². The molecule has 0 atom stereocenters. The Morgan fingerprint density at radius 3 is 2.65 bits per heavy atom. The fourth-order valence-electron chi connectivity index (χ4n) is 2.83. The first-order chi connectivity index (χ1) is 9.49. The molecule has 0 saturated heterocycles. The molecule has 1 N–H and O–H groups in total. The Bertz CT molecular complexity index is 464. The van der Waals surface area contributed by atoms with E-state index in [1.54, 1.807) is 0 Å². The number of nitrogens with one attached hydrogen (secondary N) is 1. The summed E-state index contributed by atoms with van der Waals surface area (Å²) in [5.41, 5.74) is 1.06. The molecular weight excluding hydrogens is 270 g/mol. The average Bonchev–Trinajstić information content (AvgIpc) is 2.46. The molecule has 0 heterocycles. The van der Waals surface area contributed by atoms with Gasteiger partial charge in [0.1, 0.15) is 0 Å². The lowest BCUT2D eigenvalue weighted by Gasteiger charge is -2.28. The highest BCUT2D eigenvalue weighted by Crippen LogP contribution is 2.26. The molecule has 1 aliphatic rings. The van der Waals surface area contributed by atoms with Crippen LogP contribution in [0.15, 0.2) is 24.3 Å². The van der Waals surface area contributed by atoms with Crippen molar-refractivity contribution in [2.75, 3.05) is 6.54 Å². The first-order valence-corrected chi connectivity index (χ1v) is 7.90. The number of hydrogen-bond donors (Lipinski definition) is 1. The Hall–Kier alpha value is -1.02. The SMILES string of the molecule is CC(C)(CNC(=O)C1CCCCC1)c1cccc(Cl)c1. The molecular formula is C17H24ClNO. The zero-order chi connectivity index (χ0) is 14.6. The highest BCUT2D eigenvalue weighted by atomic mass is 35.5. The van der Waals surface area contributed by atoms with Gasteiger partial charge in [0.15, 0.2) is 0 Å². The predicted octanol–water partition coefficient (Wildman–Crippen LogP) is 4.31. The zero-order valence-electron chi connectivity index (χ0n) is 12.4. The molecule has 110 valence electrons. The summed E-state index contributed by atoms with van der Waals surface area (Å²) in [6, 6.07) is 7.89. The Morgan fingerprint density at radius 1 is 1.30 bits per heavy atom. The molecule has 0 unspecified atom stereocenters. The molecule has 1 saturated carbocycles. The molecule has 1 aliphatic carbocycles. The normalized spacial score (nSPS) is 16.9. The fraction of sp³-hybridized carbons (Fsp3) is 0.588. The van der Waals surface area contributed by atoms with Gasteiger partial charge in [-0.15, -0.1) is 0 Å². The van der Waals surface area contributed by atoms with Crippen LogP contribution in [0.3, 0.4) is 0 Å². The quantitative estimate of drug-likeness (QED) is 0.880. The van der Waals surface area contributed by atoms with Crippen molar-refractivity contribution in [3.8, 4) is 0 Å². The fourth-order valence-corrected chi connectivity index (χ4v) is 3.02. The molecule has 1 aromatic rings. The zero-order valence-corrected chi connectivity index (χ0v) is 13.2. The maximum Gasteiger partial charge on any atom is 0.223 e. The van der Waals surface area contributed by atoms with Crippen molar-refractivity contribution in [1.82, 2.24) is 5.32 Å². The minimum absolute atomic E-state index is 0.102.